The van der Waals surface area contributed by atoms with Crippen LogP contribution in [0.15, 0.2) is 29.0 Å². The number of halogens is 2. The first kappa shape index (κ1) is 15.1. The van der Waals surface area contributed by atoms with Gasteiger partial charge in [0.05, 0.1) is 5.02 Å². The molecule has 0 unspecified atom stereocenters. The second kappa shape index (κ2) is 6.90. The maximum atomic E-state index is 6.16. The first-order valence-corrected chi connectivity index (χ1v) is 7.47. The van der Waals surface area contributed by atoms with Crippen LogP contribution in [0.2, 0.25) is 5.02 Å². The molecule has 0 aliphatic rings. The van der Waals surface area contributed by atoms with Crippen LogP contribution in [0.1, 0.15) is 18.9 Å². The van der Waals surface area contributed by atoms with Gasteiger partial charge in [0.25, 0.3) is 0 Å². The van der Waals surface area contributed by atoms with E-state index in [0.29, 0.717) is 26.9 Å². The van der Waals surface area contributed by atoms with Crippen LogP contribution in [-0.4, -0.2) is 16.5 Å². The van der Waals surface area contributed by atoms with Crippen LogP contribution < -0.4 is 10.1 Å². The monoisotopic (exact) mass is 355 g/mol. The SMILES string of the molecule is CCCNc1ncnc(Oc2ccc(C)cc2Cl)c1Br. The van der Waals surface area contributed by atoms with Gasteiger partial charge in [-0.1, -0.05) is 24.6 Å². The first-order valence-electron chi connectivity index (χ1n) is 6.30. The number of rotatable bonds is 5. The molecular weight excluding hydrogens is 342 g/mol. The van der Waals surface area contributed by atoms with Crippen molar-refractivity contribution in [2.24, 2.45) is 0 Å². The van der Waals surface area contributed by atoms with Crippen molar-refractivity contribution in [2.75, 3.05) is 11.9 Å². The molecule has 0 bridgehead atoms. The third-order valence-electron chi connectivity index (χ3n) is 2.59. The van der Waals surface area contributed by atoms with E-state index < -0.39 is 0 Å². The second-order valence-corrected chi connectivity index (χ2v) is 5.50. The Morgan fingerprint density at radius 2 is 2.15 bits per heavy atom. The summed E-state index contributed by atoms with van der Waals surface area (Å²) in [5.41, 5.74) is 1.08. The average molecular weight is 357 g/mol. The summed E-state index contributed by atoms with van der Waals surface area (Å²) < 4.78 is 6.43. The Bertz CT molecular complexity index is 607. The maximum absolute atomic E-state index is 6.16. The number of benzene rings is 1. The third-order valence-corrected chi connectivity index (χ3v) is 3.60. The summed E-state index contributed by atoms with van der Waals surface area (Å²) in [6, 6.07) is 5.61. The molecule has 106 valence electrons. The Balaban J connectivity index is 2.24. The van der Waals surface area contributed by atoms with Crippen LogP contribution in [0.3, 0.4) is 0 Å². The van der Waals surface area contributed by atoms with Gasteiger partial charge < -0.3 is 10.1 Å². The molecule has 1 aromatic carbocycles. The van der Waals surface area contributed by atoms with Crippen LogP contribution in [-0.2, 0) is 0 Å². The fourth-order valence-corrected chi connectivity index (χ4v) is 2.28. The zero-order valence-electron chi connectivity index (χ0n) is 11.3. The Morgan fingerprint density at radius 1 is 1.35 bits per heavy atom. The smallest absolute Gasteiger partial charge is 0.238 e. The van der Waals surface area contributed by atoms with E-state index in [4.69, 9.17) is 16.3 Å². The van der Waals surface area contributed by atoms with Gasteiger partial charge in [0, 0.05) is 6.54 Å². The van der Waals surface area contributed by atoms with Crippen molar-refractivity contribution in [3.8, 4) is 11.6 Å². The summed E-state index contributed by atoms with van der Waals surface area (Å²) in [5.74, 6) is 1.71. The van der Waals surface area contributed by atoms with Gasteiger partial charge in [-0.2, -0.15) is 0 Å². The summed E-state index contributed by atoms with van der Waals surface area (Å²) in [7, 11) is 0. The molecule has 1 aromatic heterocycles. The fourth-order valence-electron chi connectivity index (χ4n) is 1.58. The number of nitrogens with zero attached hydrogens (tertiary/aromatic N) is 2. The standard InChI is InChI=1S/C14H15BrClN3O/c1-3-6-17-13-12(15)14(19-8-18-13)20-11-5-4-9(2)7-10(11)16/h4-5,7-8H,3,6H2,1-2H3,(H,17,18,19). The minimum absolute atomic E-state index is 0.435. The van der Waals surface area contributed by atoms with Crippen LogP contribution in [0.25, 0.3) is 0 Å². The average Bonchev–Trinajstić information content (AvgIpc) is 2.42. The third kappa shape index (κ3) is 3.61. The van der Waals surface area contributed by atoms with Gasteiger partial charge in [-0.3, -0.25) is 0 Å². The van der Waals surface area contributed by atoms with Gasteiger partial charge in [-0.05, 0) is 47.0 Å². The summed E-state index contributed by atoms with van der Waals surface area (Å²) in [4.78, 5) is 8.30. The molecule has 4 nitrogen and oxygen atoms in total. The van der Waals surface area contributed by atoms with Crippen LogP contribution in [0.4, 0.5) is 5.82 Å². The number of ether oxygens (including phenoxy) is 1. The lowest BCUT2D eigenvalue weighted by atomic mass is 10.2. The van der Waals surface area contributed by atoms with Crippen LogP contribution >= 0.6 is 27.5 Å². The zero-order valence-corrected chi connectivity index (χ0v) is 13.6. The molecule has 0 spiro atoms. The highest BCUT2D eigenvalue weighted by atomic mass is 79.9. The fraction of sp³-hybridized carbons (Fsp3) is 0.286. The predicted molar refractivity (Wildman–Crippen MR) is 84.8 cm³/mol. The molecule has 2 rings (SSSR count). The molecular formula is C14H15BrClN3O. The molecule has 2 aromatic rings. The maximum Gasteiger partial charge on any atom is 0.238 e. The highest BCUT2D eigenvalue weighted by molar-refractivity contribution is 9.10. The van der Waals surface area contributed by atoms with E-state index in [1.807, 2.05) is 25.1 Å². The van der Waals surface area contributed by atoms with Gasteiger partial charge in [-0.25, -0.2) is 9.97 Å². The second-order valence-electron chi connectivity index (χ2n) is 4.30. The van der Waals surface area contributed by atoms with Gasteiger partial charge in [0.1, 0.15) is 22.4 Å². The molecule has 20 heavy (non-hydrogen) atoms. The molecule has 0 aliphatic heterocycles. The molecule has 0 aliphatic carbocycles. The molecule has 0 radical (unpaired) electrons. The Labute approximate surface area is 131 Å². The lowest BCUT2D eigenvalue weighted by Gasteiger charge is -2.11. The van der Waals surface area contributed by atoms with Gasteiger partial charge in [0.15, 0.2) is 0 Å². The number of aromatic nitrogens is 2. The van der Waals surface area contributed by atoms with E-state index >= 15 is 0 Å². The van der Waals surface area contributed by atoms with Gasteiger partial charge >= 0.3 is 0 Å². The molecule has 1 N–H and O–H groups in total. The van der Waals surface area contributed by atoms with Crippen molar-refractivity contribution >= 4 is 33.3 Å². The van der Waals surface area contributed by atoms with E-state index in [2.05, 4.69) is 38.1 Å². The minimum atomic E-state index is 0.435. The largest absolute Gasteiger partial charge is 0.436 e. The summed E-state index contributed by atoms with van der Waals surface area (Å²) in [6.07, 6.45) is 2.47. The van der Waals surface area contributed by atoms with Crippen molar-refractivity contribution in [3.63, 3.8) is 0 Å². The summed E-state index contributed by atoms with van der Waals surface area (Å²) in [6.45, 7) is 4.90. The lowest BCUT2D eigenvalue weighted by Crippen LogP contribution is -2.04. The van der Waals surface area contributed by atoms with E-state index in [1.165, 1.54) is 6.33 Å². The number of hydrogen-bond donors (Lipinski definition) is 1. The Morgan fingerprint density at radius 3 is 2.85 bits per heavy atom. The van der Waals surface area contributed by atoms with Crippen molar-refractivity contribution in [1.82, 2.24) is 9.97 Å². The molecule has 0 saturated carbocycles. The van der Waals surface area contributed by atoms with Crippen molar-refractivity contribution in [1.29, 1.82) is 0 Å². The van der Waals surface area contributed by atoms with Crippen molar-refractivity contribution in [3.05, 3.63) is 39.6 Å². The molecule has 1 heterocycles. The Hall–Kier alpha value is -1.33. The van der Waals surface area contributed by atoms with Crippen LogP contribution in [0, 0.1) is 6.92 Å². The minimum Gasteiger partial charge on any atom is -0.436 e. The lowest BCUT2D eigenvalue weighted by molar-refractivity contribution is 0.458. The van der Waals surface area contributed by atoms with E-state index in [1.54, 1.807) is 0 Å². The van der Waals surface area contributed by atoms with Crippen molar-refractivity contribution in [2.45, 2.75) is 20.3 Å². The first-order chi connectivity index (χ1) is 9.61. The van der Waals surface area contributed by atoms with Crippen LogP contribution in [0.5, 0.6) is 11.6 Å². The molecule has 0 atom stereocenters. The molecule has 0 saturated heterocycles. The number of hydrogen-bond acceptors (Lipinski definition) is 4. The summed E-state index contributed by atoms with van der Waals surface area (Å²) in [5, 5.41) is 3.76. The Kier molecular flexibility index (Phi) is 5.20. The highest BCUT2D eigenvalue weighted by Crippen LogP contribution is 2.35. The zero-order chi connectivity index (χ0) is 14.5. The topological polar surface area (TPSA) is 47.0 Å². The number of nitrogens with one attached hydrogen (secondary N) is 1. The molecule has 0 amide bonds. The molecule has 0 fully saturated rings. The molecule has 6 heteroatoms. The van der Waals surface area contributed by atoms with E-state index in [0.717, 1.165) is 18.5 Å². The van der Waals surface area contributed by atoms with E-state index in [-0.39, 0.29) is 0 Å². The summed E-state index contributed by atoms with van der Waals surface area (Å²) >= 11 is 9.61. The van der Waals surface area contributed by atoms with Crippen molar-refractivity contribution < 1.29 is 4.74 Å². The normalized spacial score (nSPS) is 10.4. The van der Waals surface area contributed by atoms with E-state index in [9.17, 15) is 0 Å². The quantitative estimate of drug-likeness (QED) is 0.834. The van der Waals surface area contributed by atoms with Gasteiger partial charge in [0.2, 0.25) is 5.88 Å². The predicted octanol–water partition coefficient (Wildman–Crippen LogP) is 4.82. The highest BCUT2D eigenvalue weighted by Gasteiger charge is 2.12. The number of aryl methyl sites for hydroxylation is 1. The number of anilines is 1. The van der Waals surface area contributed by atoms with Gasteiger partial charge in [-0.15, -0.1) is 0 Å².